The van der Waals surface area contributed by atoms with Crippen molar-refractivity contribution in [1.29, 1.82) is 0 Å². The molecule has 2 aromatic heterocycles. The number of H-pyrrole nitrogens is 1. The van der Waals surface area contributed by atoms with Crippen LogP contribution in [0.25, 0.3) is 11.4 Å². The molecule has 8 heteroatoms. The zero-order valence-corrected chi connectivity index (χ0v) is 15.4. The van der Waals surface area contributed by atoms with Crippen LogP contribution < -0.4 is 5.32 Å². The highest BCUT2D eigenvalue weighted by atomic mass is 32.2. The molecule has 0 bridgehead atoms. The van der Waals surface area contributed by atoms with Gasteiger partial charge in [-0.15, -0.1) is 5.10 Å². The van der Waals surface area contributed by atoms with Crippen molar-refractivity contribution in [3.8, 4) is 11.4 Å². The molecule has 0 aliphatic heterocycles. The van der Waals surface area contributed by atoms with Crippen LogP contribution in [-0.2, 0) is 11.8 Å². The third kappa shape index (κ3) is 3.74. The van der Waals surface area contributed by atoms with Gasteiger partial charge in [0.05, 0.1) is 22.3 Å². The summed E-state index contributed by atoms with van der Waals surface area (Å²) in [6.07, 6.45) is 0. The predicted octanol–water partition coefficient (Wildman–Crippen LogP) is 2.94. The minimum atomic E-state index is -0.335. The maximum atomic E-state index is 12.5. The molecule has 0 saturated carbocycles. The highest BCUT2D eigenvalue weighted by Gasteiger charge is 2.20. The summed E-state index contributed by atoms with van der Waals surface area (Å²) >= 11 is 1.31. The molecule has 3 rings (SSSR count). The summed E-state index contributed by atoms with van der Waals surface area (Å²) in [7, 11) is 1.86. The van der Waals surface area contributed by atoms with Crippen LogP contribution in [0.2, 0.25) is 0 Å². The standard InChI is InChI=1S/C17H20N6OS/c1-10-14(11(2)23(4)22-10)18-16(24)12(3)25-17-19-15(20-21-17)13-8-6-5-7-9-13/h5-9,12H,1-4H3,(H,18,24)(H,19,20,21)/t12-/m1/s1. The van der Waals surface area contributed by atoms with Gasteiger partial charge in [0.1, 0.15) is 0 Å². The van der Waals surface area contributed by atoms with Crippen LogP contribution in [0.4, 0.5) is 5.69 Å². The number of rotatable bonds is 5. The molecule has 1 amide bonds. The number of thioether (sulfide) groups is 1. The van der Waals surface area contributed by atoms with Gasteiger partial charge in [-0.3, -0.25) is 14.6 Å². The number of aromatic nitrogens is 5. The zero-order chi connectivity index (χ0) is 18.0. The molecule has 130 valence electrons. The van der Waals surface area contributed by atoms with E-state index in [1.165, 1.54) is 11.8 Å². The van der Waals surface area contributed by atoms with Crippen LogP contribution in [0.1, 0.15) is 18.3 Å². The van der Waals surface area contributed by atoms with E-state index >= 15 is 0 Å². The SMILES string of the molecule is Cc1nn(C)c(C)c1NC(=O)[C@@H](C)Sc1n[nH]c(-c2ccccc2)n1. The van der Waals surface area contributed by atoms with E-state index in [9.17, 15) is 4.79 Å². The lowest BCUT2D eigenvalue weighted by molar-refractivity contribution is -0.115. The zero-order valence-electron chi connectivity index (χ0n) is 14.6. The Morgan fingerprint density at radius 3 is 2.64 bits per heavy atom. The Hall–Kier alpha value is -2.61. The molecule has 7 nitrogen and oxygen atoms in total. The molecule has 3 aromatic rings. The van der Waals surface area contributed by atoms with Gasteiger partial charge in [-0.25, -0.2) is 4.98 Å². The smallest absolute Gasteiger partial charge is 0.237 e. The molecule has 0 aliphatic carbocycles. The molecule has 2 N–H and O–H groups in total. The van der Waals surface area contributed by atoms with Gasteiger partial charge in [0.2, 0.25) is 11.1 Å². The Morgan fingerprint density at radius 2 is 2.00 bits per heavy atom. The summed E-state index contributed by atoms with van der Waals surface area (Å²) in [6, 6.07) is 9.75. The van der Waals surface area contributed by atoms with E-state index in [2.05, 4.69) is 25.6 Å². The van der Waals surface area contributed by atoms with Crippen molar-refractivity contribution in [2.45, 2.75) is 31.2 Å². The van der Waals surface area contributed by atoms with Crippen molar-refractivity contribution in [2.75, 3.05) is 5.32 Å². The third-order valence-electron chi connectivity index (χ3n) is 3.92. The van der Waals surface area contributed by atoms with Gasteiger partial charge in [-0.2, -0.15) is 5.10 Å². The Bertz CT molecular complexity index is 886. The van der Waals surface area contributed by atoms with Gasteiger partial charge in [-0.1, -0.05) is 42.1 Å². The normalized spacial score (nSPS) is 12.2. The number of hydrogen-bond donors (Lipinski definition) is 2. The Morgan fingerprint density at radius 1 is 1.28 bits per heavy atom. The maximum absolute atomic E-state index is 12.5. The van der Waals surface area contributed by atoms with Gasteiger partial charge in [0.15, 0.2) is 5.82 Å². The van der Waals surface area contributed by atoms with Crippen molar-refractivity contribution in [3.63, 3.8) is 0 Å². The Kier molecular flexibility index (Phi) is 4.89. The van der Waals surface area contributed by atoms with Crippen LogP contribution in [0, 0.1) is 13.8 Å². The van der Waals surface area contributed by atoms with E-state index in [4.69, 9.17) is 0 Å². The van der Waals surface area contributed by atoms with E-state index in [1.54, 1.807) is 4.68 Å². The summed E-state index contributed by atoms with van der Waals surface area (Å²) in [5.74, 6) is 0.588. The number of nitrogens with zero attached hydrogens (tertiary/aromatic N) is 4. The number of carbonyl (C=O) groups excluding carboxylic acids is 1. The number of anilines is 1. The Labute approximate surface area is 150 Å². The van der Waals surface area contributed by atoms with E-state index in [0.717, 1.165) is 22.6 Å². The van der Waals surface area contributed by atoms with Gasteiger partial charge in [0.25, 0.3) is 0 Å². The van der Waals surface area contributed by atoms with Crippen molar-refractivity contribution in [2.24, 2.45) is 7.05 Å². The van der Waals surface area contributed by atoms with E-state index in [-0.39, 0.29) is 11.2 Å². The molecule has 25 heavy (non-hydrogen) atoms. The lowest BCUT2D eigenvalue weighted by Crippen LogP contribution is -2.23. The van der Waals surface area contributed by atoms with E-state index in [0.29, 0.717) is 11.0 Å². The molecule has 0 saturated heterocycles. The third-order valence-corrected chi connectivity index (χ3v) is 4.88. The second-order valence-electron chi connectivity index (χ2n) is 5.75. The number of amides is 1. The number of aromatic amines is 1. The molecule has 0 aliphatic rings. The van der Waals surface area contributed by atoms with Crippen LogP contribution in [0.3, 0.4) is 0 Å². The minimum absolute atomic E-state index is 0.102. The lowest BCUT2D eigenvalue weighted by Gasteiger charge is -2.10. The van der Waals surface area contributed by atoms with E-state index in [1.807, 2.05) is 58.2 Å². The average molecular weight is 356 g/mol. The first kappa shape index (κ1) is 17.2. The van der Waals surface area contributed by atoms with Crippen molar-refractivity contribution in [1.82, 2.24) is 25.0 Å². The summed E-state index contributed by atoms with van der Waals surface area (Å²) in [6.45, 7) is 5.64. The molecule has 0 spiro atoms. The number of aryl methyl sites for hydroxylation is 2. The molecule has 0 radical (unpaired) electrons. The lowest BCUT2D eigenvalue weighted by atomic mass is 10.2. The molecule has 1 atom stereocenters. The number of hydrogen-bond acceptors (Lipinski definition) is 5. The molecular formula is C17H20N6OS. The van der Waals surface area contributed by atoms with Gasteiger partial charge < -0.3 is 5.32 Å². The molecule has 0 unspecified atom stereocenters. The summed E-state index contributed by atoms with van der Waals surface area (Å²) in [4.78, 5) is 16.9. The highest BCUT2D eigenvalue weighted by molar-refractivity contribution is 8.00. The minimum Gasteiger partial charge on any atom is -0.322 e. The molecule has 2 heterocycles. The molecule has 0 fully saturated rings. The van der Waals surface area contributed by atoms with Gasteiger partial charge >= 0.3 is 0 Å². The first-order valence-electron chi connectivity index (χ1n) is 7.91. The number of benzene rings is 1. The van der Waals surface area contributed by atoms with Crippen molar-refractivity contribution in [3.05, 3.63) is 41.7 Å². The molecule has 1 aromatic carbocycles. The highest BCUT2D eigenvalue weighted by Crippen LogP contribution is 2.25. The summed E-state index contributed by atoms with van der Waals surface area (Å²) < 4.78 is 1.75. The van der Waals surface area contributed by atoms with Crippen molar-refractivity contribution >= 4 is 23.4 Å². The fraction of sp³-hybridized carbons (Fsp3) is 0.294. The quantitative estimate of drug-likeness (QED) is 0.686. The monoisotopic (exact) mass is 356 g/mol. The number of carbonyl (C=O) groups is 1. The van der Waals surface area contributed by atoms with Gasteiger partial charge in [-0.05, 0) is 20.8 Å². The summed E-state index contributed by atoms with van der Waals surface area (Å²) in [5.41, 5.74) is 3.45. The van der Waals surface area contributed by atoms with Crippen molar-refractivity contribution < 1.29 is 4.79 Å². The largest absolute Gasteiger partial charge is 0.322 e. The van der Waals surface area contributed by atoms with Crippen LogP contribution in [0.15, 0.2) is 35.5 Å². The topological polar surface area (TPSA) is 88.5 Å². The van der Waals surface area contributed by atoms with Gasteiger partial charge in [0, 0.05) is 12.6 Å². The fourth-order valence-electron chi connectivity index (χ4n) is 2.42. The van der Waals surface area contributed by atoms with Crippen LogP contribution in [0.5, 0.6) is 0 Å². The summed E-state index contributed by atoms with van der Waals surface area (Å²) in [5, 5.41) is 14.6. The number of nitrogens with one attached hydrogen (secondary N) is 2. The predicted molar refractivity (Wildman–Crippen MR) is 98.4 cm³/mol. The van der Waals surface area contributed by atoms with Crippen LogP contribution in [-0.4, -0.2) is 36.1 Å². The first-order valence-corrected chi connectivity index (χ1v) is 8.79. The second-order valence-corrected chi connectivity index (χ2v) is 7.06. The van der Waals surface area contributed by atoms with E-state index < -0.39 is 0 Å². The second kappa shape index (κ2) is 7.10. The fourth-order valence-corrected chi connectivity index (χ4v) is 3.14. The maximum Gasteiger partial charge on any atom is 0.237 e. The first-order chi connectivity index (χ1) is 12.0. The Balaban J connectivity index is 1.67. The molecular weight excluding hydrogens is 336 g/mol. The average Bonchev–Trinajstić information content (AvgIpc) is 3.16. The van der Waals surface area contributed by atoms with Crippen LogP contribution >= 0.6 is 11.8 Å².